The van der Waals surface area contributed by atoms with Crippen molar-refractivity contribution in [1.29, 1.82) is 0 Å². The fourth-order valence-corrected chi connectivity index (χ4v) is 3.42. The number of carbonyl (C=O) groups is 1. The Kier molecular flexibility index (Phi) is 5.39. The fraction of sp³-hybridized carbons (Fsp3) is 0. The van der Waals surface area contributed by atoms with Gasteiger partial charge in [0.1, 0.15) is 11.5 Å². The predicted octanol–water partition coefficient (Wildman–Crippen LogP) is 2.88. The molecule has 0 heterocycles. The number of para-hydroxylation sites is 1. The SMILES string of the molecule is NNC(=O)c1cccc(S(=O)(=O)Nc2ccc(Oc3ccccc3)cc2)c1. The van der Waals surface area contributed by atoms with E-state index in [9.17, 15) is 13.2 Å². The van der Waals surface area contributed by atoms with Gasteiger partial charge in [-0.3, -0.25) is 14.9 Å². The highest BCUT2D eigenvalue weighted by atomic mass is 32.2. The molecular weight excluding hydrogens is 366 g/mol. The summed E-state index contributed by atoms with van der Waals surface area (Å²) in [5.41, 5.74) is 2.48. The molecule has 0 radical (unpaired) electrons. The molecule has 3 rings (SSSR count). The summed E-state index contributed by atoms with van der Waals surface area (Å²) >= 11 is 0. The van der Waals surface area contributed by atoms with Gasteiger partial charge in [0.15, 0.2) is 0 Å². The van der Waals surface area contributed by atoms with Gasteiger partial charge < -0.3 is 4.74 Å². The number of hydrogen-bond acceptors (Lipinski definition) is 5. The molecule has 0 bridgehead atoms. The van der Waals surface area contributed by atoms with Crippen LogP contribution in [0.25, 0.3) is 0 Å². The van der Waals surface area contributed by atoms with Crippen molar-refractivity contribution in [2.24, 2.45) is 5.84 Å². The Morgan fingerprint density at radius 3 is 2.19 bits per heavy atom. The van der Waals surface area contributed by atoms with Crippen molar-refractivity contribution in [1.82, 2.24) is 5.43 Å². The highest BCUT2D eigenvalue weighted by Crippen LogP contribution is 2.24. The Morgan fingerprint density at radius 1 is 0.852 bits per heavy atom. The van der Waals surface area contributed by atoms with Crippen LogP contribution in [0, 0.1) is 0 Å². The van der Waals surface area contributed by atoms with Crippen molar-refractivity contribution in [3.8, 4) is 11.5 Å². The maximum Gasteiger partial charge on any atom is 0.265 e. The summed E-state index contributed by atoms with van der Waals surface area (Å²) in [6, 6.07) is 21.3. The monoisotopic (exact) mass is 383 g/mol. The molecule has 138 valence electrons. The normalized spacial score (nSPS) is 10.9. The van der Waals surface area contributed by atoms with Crippen LogP contribution < -0.4 is 20.7 Å². The van der Waals surface area contributed by atoms with Gasteiger partial charge in [0, 0.05) is 11.3 Å². The van der Waals surface area contributed by atoms with Crippen LogP contribution in [-0.4, -0.2) is 14.3 Å². The first-order valence-electron chi connectivity index (χ1n) is 7.95. The number of benzene rings is 3. The number of rotatable bonds is 6. The largest absolute Gasteiger partial charge is 0.457 e. The lowest BCUT2D eigenvalue weighted by atomic mass is 10.2. The highest BCUT2D eigenvalue weighted by molar-refractivity contribution is 7.92. The third kappa shape index (κ3) is 4.63. The van der Waals surface area contributed by atoms with E-state index in [1.54, 1.807) is 24.3 Å². The van der Waals surface area contributed by atoms with Gasteiger partial charge in [-0.25, -0.2) is 14.3 Å². The van der Waals surface area contributed by atoms with Crippen LogP contribution in [0.5, 0.6) is 11.5 Å². The molecular formula is C19H17N3O4S. The number of hydrazine groups is 1. The smallest absolute Gasteiger partial charge is 0.265 e. The number of carbonyl (C=O) groups excluding carboxylic acids is 1. The highest BCUT2D eigenvalue weighted by Gasteiger charge is 2.16. The molecule has 27 heavy (non-hydrogen) atoms. The summed E-state index contributed by atoms with van der Waals surface area (Å²) in [6.45, 7) is 0. The number of nitrogens with two attached hydrogens (primary N) is 1. The van der Waals surface area contributed by atoms with Crippen LogP contribution in [-0.2, 0) is 10.0 Å². The van der Waals surface area contributed by atoms with Crippen LogP contribution in [0.3, 0.4) is 0 Å². The van der Waals surface area contributed by atoms with E-state index in [2.05, 4.69) is 4.72 Å². The zero-order valence-corrected chi connectivity index (χ0v) is 14.9. The van der Waals surface area contributed by atoms with Crippen molar-refractivity contribution < 1.29 is 17.9 Å². The molecule has 0 saturated heterocycles. The van der Waals surface area contributed by atoms with Gasteiger partial charge in [-0.2, -0.15) is 0 Å². The van der Waals surface area contributed by atoms with Crippen molar-refractivity contribution in [2.45, 2.75) is 4.90 Å². The van der Waals surface area contributed by atoms with Crippen molar-refractivity contribution in [3.05, 3.63) is 84.4 Å². The van der Waals surface area contributed by atoms with E-state index in [0.717, 1.165) is 0 Å². The Bertz CT molecular complexity index is 1040. The molecule has 8 heteroatoms. The average molecular weight is 383 g/mol. The lowest BCUT2D eigenvalue weighted by molar-refractivity contribution is 0.0953. The molecule has 7 nitrogen and oxygen atoms in total. The standard InChI is InChI=1S/C19H17N3O4S/c20-21-19(23)14-5-4-8-18(13-14)27(24,25)22-15-9-11-17(12-10-15)26-16-6-2-1-3-7-16/h1-13,22H,20H2,(H,21,23). The van der Waals surface area contributed by atoms with Gasteiger partial charge in [-0.1, -0.05) is 24.3 Å². The van der Waals surface area contributed by atoms with Crippen molar-refractivity contribution in [2.75, 3.05) is 4.72 Å². The number of sulfonamides is 1. The van der Waals surface area contributed by atoms with Crippen LogP contribution in [0.1, 0.15) is 10.4 Å². The third-order valence-electron chi connectivity index (χ3n) is 3.62. The molecule has 0 spiro atoms. The van der Waals surface area contributed by atoms with Crippen LogP contribution in [0.15, 0.2) is 83.8 Å². The Balaban J connectivity index is 1.75. The lowest BCUT2D eigenvalue weighted by Crippen LogP contribution is -2.30. The number of ether oxygens (including phenoxy) is 1. The maximum absolute atomic E-state index is 12.5. The summed E-state index contributed by atoms with van der Waals surface area (Å²) in [6.07, 6.45) is 0. The minimum Gasteiger partial charge on any atom is -0.457 e. The number of nitrogen functional groups attached to an aromatic ring is 1. The number of nitrogens with one attached hydrogen (secondary N) is 2. The zero-order chi connectivity index (χ0) is 19.3. The Morgan fingerprint density at radius 2 is 1.52 bits per heavy atom. The first-order valence-corrected chi connectivity index (χ1v) is 9.43. The van der Waals surface area contributed by atoms with Gasteiger partial charge in [-0.15, -0.1) is 0 Å². The van der Waals surface area contributed by atoms with E-state index in [-0.39, 0.29) is 10.5 Å². The summed E-state index contributed by atoms with van der Waals surface area (Å²) in [4.78, 5) is 11.5. The minimum absolute atomic E-state index is 0.0480. The second-order valence-corrected chi connectivity index (χ2v) is 7.23. The second-order valence-electron chi connectivity index (χ2n) is 5.55. The van der Waals surface area contributed by atoms with Crippen molar-refractivity contribution in [3.63, 3.8) is 0 Å². The Labute approximate surface area is 156 Å². The molecule has 0 fully saturated rings. The van der Waals surface area contributed by atoms with E-state index >= 15 is 0 Å². The van der Waals surface area contributed by atoms with Gasteiger partial charge >= 0.3 is 0 Å². The molecule has 0 unspecified atom stereocenters. The van der Waals surface area contributed by atoms with E-state index in [1.165, 1.54) is 24.3 Å². The quantitative estimate of drug-likeness (QED) is 0.344. The van der Waals surface area contributed by atoms with Gasteiger partial charge in [0.25, 0.3) is 15.9 Å². The zero-order valence-electron chi connectivity index (χ0n) is 14.1. The number of hydrogen-bond donors (Lipinski definition) is 3. The molecule has 0 saturated carbocycles. The minimum atomic E-state index is -3.86. The van der Waals surface area contributed by atoms with Crippen molar-refractivity contribution >= 4 is 21.6 Å². The maximum atomic E-state index is 12.5. The summed E-state index contributed by atoms with van der Waals surface area (Å²) in [7, 11) is -3.86. The molecule has 4 N–H and O–H groups in total. The molecule has 0 aliphatic heterocycles. The molecule has 0 aliphatic carbocycles. The first kappa shape index (κ1) is 18.4. The summed E-state index contributed by atoms with van der Waals surface area (Å²) in [5, 5.41) is 0. The predicted molar refractivity (Wildman–Crippen MR) is 102 cm³/mol. The van der Waals surface area contributed by atoms with E-state index in [1.807, 2.05) is 35.8 Å². The molecule has 0 aliphatic rings. The number of amides is 1. The van der Waals surface area contributed by atoms with Crippen LogP contribution >= 0.6 is 0 Å². The third-order valence-corrected chi connectivity index (χ3v) is 5.00. The first-order chi connectivity index (χ1) is 13.0. The van der Waals surface area contributed by atoms with Crippen LogP contribution in [0.2, 0.25) is 0 Å². The summed E-state index contributed by atoms with van der Waals surface area (Å²) in [5.74, 6) is 5.76. The topological polar surface area (TPSA) is 111 Å². The van der Waals surface area contributed by atoms with Crippen LogP contribution in [0.4, 0.5) is 5.69 Å². The lowest BCUT2D eigenvalue weighted by Gasteiger charge is -2.10. The molecule has 3 aromatic carbocycles. The van der Waals surface area contributed by atoms with Gasteiger partial charge in [-0.05, 0) is 54.6 Å². The molecule has 3 aromatic rings. The number of anilines is 1. The van der Waals surface area contributed by atoms with E-state index < -0.39 is 15.9 Å². The van der Waals surface area contributed by atoms with Gasteiger partial charge in [0.2, 0.25) is 0 Å². The van der Waals surface area contributed by atoms with E-state index in [0.29, 0.717) is 17.2 Å². The Hall–Kier alpha value is -3.36. The molecule has 0 aromatic heterocycles. The fourth-order valence-electron chi connectivity index (χ4n) is 2.32. The summed E-state index contributed by atoms with van der Waals surface area (Å²) < 4.78 is 33.2. The average Bonchev–Trinajstić information content (AvgIpc) is 2.69. The molecule has 0 atom stereocenters. The van der Waals surface area contributed by atoms with Gasteiger partial charge in [0.05, 0.1) is 4.90 Å². The molecule has 1 amide bonds. The second kappa shape index (κ2) is 7.90. The van der Waals surface area contributed by atoms with E-state index in [4.69, 9.17) is 10.6 Å².